The Balaban J connectivity index is 1.61. The molecular weight excluding hydrogens is 369 g/mol. The van der Waals surface area contributed by atoms with Gasteiger partial charge in [-0.3, -0.25) is 4.79 Å². The Morgan fingerprint density at radius 3 is 2.83 bits per heavy atom. The van der Waals surface area contributed by atoms with E-state index < -0.39 is 5.91 Å². The first kappa shape index (κ1) is 17.2. The molecule has 1 aromatic carbocycles. The molecule has 1 aliphatic heterocycles. The Morgan fingerprint density at radius 1 is 1.25 bits per heavy atom. The van der Waals surface area contributed by atoms with Crippen molar-refractivity contribution in [2.75, 3.05) is 31.2 Å². The summed E-state index contributed by atoms with van der Waals surface area (Å²) in [6.45, 7) is 3.28. The molecule has 0 bridgehead atoms. The van der Waals surface area contributed by atoms with Gasteiger partial charge in [0.1, 0.15) is 0 Å². The highest BCUT2D eigenvalue weighted by molar-refractivity contribution is 7.17. The van der Waals surface area contributed by atoms with Crippen LogP contribution in [0.1, 0.15) is 15.2 Å². The summed E-state index contributed by atoms with van der Waals surface area (Å²) in [5.74, 6) is -0.399. The van der Waals surface area contributed by atoms with Crippen LogP contribution in [0.5, 0.6) is 0 Å². The molecule has 1 aromatic heterocycles. The Labute approximate surface area is 153 Å². The Hall–Kier alpha value is -1.60. The fourth-order valence-corrected chi connectivity index (χ4v) is 3.56. The third-order valence-electron chi connectivity index (χ3n) is 3.47. The fraction of sp³-hybridized carbons (Fsp3) is 0.250. The molecule has 1 aliphatic rings. The fourth-order valence-electron chi connectivity index (χ4n) is 2.25. The Morgan fingerprint density at radius 2 is 2.04 bits per heavy atom. The Kier molecular flexibility index (Phi) is 5.73. The standard InChI is InChI=1S/C16H15Cl2N3O2S/c17-11-1-3-14(18)13(9-11)16(22)20-19-10-12-2-4-15(24-12)21-5-7-23-8-6-21/h1-4,9-10H,5-8H2,(H,20,22)/b19-10-. The summed E-state index contributed by atoms with van der Waals surface area (Å²) < 4.78 is 5.35. The SMILES string of the molecule is O=C(N/N=C\c1ccc(N2CCOCC2)s1)c1cc(Cl)ccc1Cl. The summed E-state index contributed by atoms with van der Waals surface area (Å²) in [5.41, 5.74) is 2.76. The van der Waals surface area contributed by atoms with Crippen molar-refractivity contribution < 1.29 is 9.53 Å². The molecule has 2 aromatic rings. The van der Waals surface area contributed by atoms with Crippen molar-refractivity contribution in [1.29, 1.82) is 0 Å². The van der Waals surface area contributed by atoms with Gasteiger partial charge in [0.2, 0.25) is 0 Å². The summed E-state index contributed by atoms with van der Waals surface area (Å²) in [6, 6.07) is 8.74. The van der Waals surface area contributed by atoms with E-state index >= 15 is 0 Å². The van der Waals surface area contributed by atoms with E-state index in [1.54, 1.807) is 29.7 Å². The highest BCUT2D eigenvalue weighted by atomic mass is 35.5. The molecular formula is C16H15Cl2N3O2S. The highest BCUT2D eigenvalue weighted by Crippen LogP contribution is 2.25. The van der Waals surface area contributed by atoms with Crippen molar-refractivity contribution in [3.05, 3.63) is 50.8 Å². The number of carbonyl (C=O) groups is 1. The number of ether oxygens (including phenoxy) is 1. The predicted molar refractivity (Wildman–Crippen MR) is 98.9 cm³/mol. The van der Waals surface area contributed by atoms with Gasteiger partial charge in [0.15, 0.2) is 0 Å². The van der Waals surface area contributed by atoms with Crippen LogP contribution in [0, 0.1) is 0 Å². The molecule has 0 unspecified atom stereocenters. The normalized spacial score (nSPS) is 15.0. The van der Waals surface area contributed by atoms with Gasteiger partial charge < -0.3 is 9.64 Å². The van der Waals surface area contributed by atoms with Crippen molar-refractivity contribution in [2.24, 2.45) is 5.10 Å². The number of nitrogens with one attached hydrogen (secondary N) is 1. The van der Waals surface area contributed by atoms with Crippen LogP contribution in [-0.4, -0.2) is 38.4 Å². The number of morpholine rings is 1. The van der Waals surface area contributed by atoms with Crippen molar-refractivity contribution in [3.8, 4) is 0 Å². The molecule has 8 heteroatoms. The van der Waals surface area contributed by atoms with Gasteiger partial charge in [-0.2, -0.15) is 5.10 Å². The maximum atomic E-state index is 12.1. The van der Waals surface area contributed by atoms with E-state index in [0.717, 1.165) is 31.2 Å². The van der Waals surface area contributed by atoms with Gasteiger partial charge in [-0.05, 0) is 30.3 Å². The number of benzene rings is 1. The monoisotopic (exact) mass is 383 g/mol. The number of anilines is 1. The molecule has 0 radical (unpaired) electrons. The van der Waals surface area contributed by atoms with E-state index in [-0.39, 0.29) is 0 Å². The van der Waals surface area contributed by atoms with Crippen molar-refractivity contribution in [3.63, 3.8) is 0 Å². The van der Waals surface area contributed by atoms with Gasteiger partial charge in [0.25, 0.3) is 5.91 Å². The number of thiophene rings is 1. The molecule has 1 saturated heterocycles. The number of hydrogen-bond acceptors (Lipinski definition) is 5. The first-order valence-electron chi connectivity index (χ1n) is 7.34. The lowest BCUT2D eigenvalue weighted by Crippen LogP contribution is -2.35. The van der Waals surface area contributed by atoms with Crippen LogP contribution in [0.25, 0.3) is 0 Å². The number of rotatable bonds is 4. The zero-order valence-corrected chi connectivity index (χ0v) is 15.0. The number of hydrazone groups is 1. The van der Waals surface area contributed by atoms with Gasteiger partial charge in [-0.1, -0.05) is 23.2 Å². The zero-order valence-electron chi connectivity index (χ0n) is 12.7. The van der Waals surface area contributed by atoms with Gasteiger partial charge in [-0.25, -0.2) is 5.43 Å². The minimum atomic E-state index is -0.399. The molecule has 3 rings (SSSR count). The highest BCUT2D eigenvalue weighted by Gasteiger charge is 2.13. The average Bonchev–Trinajstić information content (AvgIpc) is 3.06. The first-order valence-corrected chi connectivity index (χ1v) is 8.92. The number of halogens is 2. The summed E-state index contributed by atoms with van der Waals surface area (Å²) in [7, 11) is 0. The topological polar surface area (TPSA) is 53.9 Å². The molecule has 0 aliphatic carbocycles. The summed E-state index contributed by atoms with van der Waals surface area (Å²) in [5, 5.41) is 5.94. The van der Waals surface area contributed by atoms with Crippen LogP contribution in [0.15, 0.2) is 35.4 Å². The van der Waals surface area contributed by atoms with Crippen molar-refractivity contribution in [2.45, 2.75) is 0 Å². The van der Waals surface area contributed by atoms with Crippen molar-refractivity contribution >= 4 is 51.7 Å². The molecule has 24 heavy (non-hydrogen) atoms. The smallest absolute Gasteiger partial charge is 0.272 e. The molecule has 2 heterocycles. The van der Waals surface area contributed by atoms with Crippen LogP contribution < -0.4 is 10.3 Å². The van der Waals surface area contributed by atoms with E-state index in [2.05, 4.69) is 15.4 Å². The van der Waals surface area contributed by atoms with Crippen molar-refractivity contribution in [1.82, 2.24) is 5.43 Å². The van der Waals surface area contributed by atoms with Gasteiger partial charge >= 0.3 is 0 Å². The number of nitrogens with zero attached hydrogens (tertiary/aromatic N) is 2. The lowest BCUT2D eigenvalue weighted by atomic mass is 10.2. The Bertz CT molecular complexity index is 758. The largest absolute Gasteiger partial charge is 0.378 e. The molecule has 0 atom stereocenters. The predicted octanol–water partition coefficient (Wildman–Crippen LogP) is 3.66. The second-order valence-corrected chi connectivity index (χ2v) is 7.04. The molecule has 126 valence electrons. The molecule has 1 fully saturated rings. The van der Waals surface area contributed by atoms with E-state index in [0.29, 0.717) is 15.6 Å². The van der Waals surface area contributed by atoms with Crippen LogP contribution in [0.2, 0.25) is 10.0 Å². The molecule has 0 saturated carbocycles. The van der Waals surface area contributed by atoms with E-state index in [9.17, 15) is 4.79 Å². The third-order valence-corrected chi connectivity index (χ3v) is 5.11. The molecule has 1 amide bonds. The van der Waals surface area contributed by atoms with Crippen LogP contribution >= 0.6 is 34.5 Å². The minimum Gasteiger partial charge on any atom is -0.378 e. The third kappa shape index (κ3) is 4.27. The maximum Gasteiger partial charge on any atom is 0.272 e. The lowest BCUT2D eigenvalue weighted by molar-refractivity contribution is 0.0955. The quantitative estimate of drug-likeness (QED) is 0.647. The summed E-state index contributed by atoms with van der Waals surface area (Å²) in [4.78, 5) is 15.3. The molecule has 1 N–H and O–H groups in total. The van der Waals surface area contributed by atoms with Crippen LogP contribution in [-0.2, 0) is 4.74 Å². The van der Waals surface area contributed by atoms with Gasteiger partial charge in [0, 0.05) is 23.0 Å². The molecule has 0 spiro atoms. The second kappa shape index (κ2) is 7.98. The van der Waals surface area contributed by atoms with Crippen LogP contribution in [0.3, 0.4) is 0 Å². The van der Waals surface area contributed by atoms with Gasteiger partial charge in [0.05, 0.1) is 35.0 Å². The van der Waals surface area contributed by atoms with Crippen LogP contribution in [0.4, 0.5) is 5.00 Å². The number of amides is 1. The maximum absolute atomic E-state index is 12.1. The minimum absolute atomic E-state index is 0.293. The molecule has 5 nitrogen and oxygen atoms in total. The lowest BCUT2D eigenvalue weighted by Gasteiger charge is -2.27. The average molecular weight is 384 g/mol. The van der Waals surface area contributed by atoms with E-state index in [1.807, 2.05) is 12.1 Å². The van der Waals surface area contributed by atoms with E-state index in [4.69, 9.17) is 27.9 Å². The van der Waals surface area contributed by atoms with E-state index in [1.165, 1.54) is 11.1 Å². The summed E-state index contributed by atoms with van der Waals surface area (Å²) in [6.07, 6.45) is 1.62. The second-order valence-electron chi connectivity index (χ2n) is 5.10. The number of hydrogen-bond donors (Lipinski definition) is 1. The summed E-state index contributed by atoms with van der Waals surface area (Å²) >= 11 is 13.5. The number of carbonyl (C=O) groups excluding carboxylic acids is 1. The first-order chi connectivity index (χ1) is 11.6. The zero-order chi connectivity index (χ0) is 16.9. The van der Waals surface area contributed by atoms with Gasteiger partial charge in [-0.15, -0.1) is 11.3 Å².